The summed E-state index contributed by atoms with van der Waals surface area (Å²) in [7, 11) is 3.56. The second-order valence-corrected chi connectivity index (χ2v) is 5.83. The van der Waals surface area contributed by atoms with Crippen LogP contribution in [0.15, 0.2) is 35.5 Å². The number of nitrogens with zero attached hydrogens (tertiary/aromatic N) is 5. The van der Waals surface area contributed by atoms with Crippen LogP contribution < -0.4 is 0 Å². The van der Waals surface area contributed by atoms with E-state index in [2.05, 4.69) is 15.5 Å². The molecule has 1 aromatic carbocycles. The molecule has 1 aromatic heterocycles. The maximum absolute atomic E-state index is 12.3. The predicted octanol–water partition coefficient (Wildman–Crippen LogP) is 1.35. The number of tetrazole rings is 1. The SMILES string of the molecule is C[C@H](Sc1nnnn1C)C(=O)N(C)Cc1ccccc1. The lowest BCUT2D eigenvalue weighted by Gasteiger charge is -2.20. The van der Waals surface area contributed by atoms with Gasteiger partial charge in [0.05, 0.1) is 5.25 Å². The van der Waals surface area contributed by atoms with Crippen molar-refractivity contribution in [2.45, 2.75) is 23.9 Å². The molecular formula is C13H17N5OS. The van der Waals surface area contributed by atoms with Gasteiger partial charge in [0, 0.05) is 20.6 Å². The molecule has 0 spiro atoms. The first-order valence-corrected chi connectivity index (χ1v) is 7.14. The molecule has 1 atom stereocenters. The number of benzene rings is 1. The molecule has 6 nitrogen and oxygen atoms in total. The minimum Gasteiger partial charge on any atom is -0.340 e. The molecule has 7 heteroatoms. The highest BCUT2D eigenvalue weighted by molar-refractivity contribution is 8.00. The molecule has 106 valence electrons. The van der Waals surface area contributed by atoms with Crippen LogP contribution in [0.1, 0.15) is 12.5 Å². The summed E-state index contributed by atoms with van der Waals surface area (Å²) in [6.07, 6.45) is 0. The van der Waals surface area contributed by atoms with Gasteiger partial charge in [-0.2, -0.15) is 0 Å². The molecule has 0 aliphatic carbocycles. The number of amides is 1. The highest BCUT2D eigenvalue weighted by atomic mass is 32.2. The number of carbonyl (C=O) groups is 1. The van der Waals surface area contributed by atoms with Crippen molar-refractivity contribution in [1.82, 2.24) is 25.1 Å². The van der Waals surface area contributed by atoms with Crippen molar-refractivity contribution in [1.29, 1.82) is 0 Å². The minimum atomic E-state index is -0.228. The van der Waals surface area contributed by atoms with Gasteiger partial charge in [-0.1, -0.05) is 42.1 Å². The van der Waals surface area contributed by atoms with E-state index in [1.807, 2.05) is 37.3 Å². The van der Waals surface area contributed by atoms with Crippen molar-refractivity contribution in [2.75, 3.05) is 7.05 Å². The highest BCUT2D eigenvalue weighted by Crippen LogP contribution is 2.21. The Morgan fingerprint density at radius 3 is 2.70 bits per heavy atom. The van der Waals surface area contributed by atoms with Gasteiger partial charge in [0.25, 0.3) is 0 Å². The summed E-state index contributed by atoms with van der Waals surface area (Å²) in [6, 6.07) is 9.92. The molecule has 0 radical (unpaired) electrons. The summed E-state index contributed by atoms with van der Waals surface area (Å²) in [5, 5.41) is 11.6. The number of hydrogen-bond donors (Lipinski definition) is 0. The molecule has 0 saturated heterocycles. The predicted molar refractivity (Wildman–Crippen MR) is 77.0 cm³/mol. The largest absolute Gasteiger partial charge is 0.340 e. The molecule has 0 unspecified atom stereocenters. The molecule has 0 aliphatic rings. The van der Waals surface area contributed by atoms with Crippen LogP contribution >= 0.6 is 11.8 Å². The number of thioether (sulfide) groups is 1. The third-order valence-electron chi connectivity index (χ3n) is 2.85. The summed E-state index contributed by atoms with van der Waals surface area (Å²) in [4.78, 5) is 14.0. The van der Waals surface area contributed by atoms with E-state index in [0.29, 0.717) is 11.7 Å². The molecule has 2 aromatic rings. The van der Waals surface area contributed by atoms with E-state index in [1.54, 1.807) is 23.7 Å². The fraction of sp³-hybridized carbons (Fsp3) is 0.385. The number of aryl methyl sites for hydroxylation is 1. The lowest BCUT2D eigenvalue weighted by Crippen LogP contribution is -2.32. The van der Waals surface area contributed by atoms with Crippen LogP contribution in [0, 0.1) is 0 Å². The number of aromatic nitrogens is 4. The monoisotopic (exact) mass is 291 g/mol. The van der Waals surface area contributed by atoms with E-state index in [-0.39, 0.29) is 11.2 Å². The fourth-order valence-corrected chi connectivity index (χ4v) is 2.64. The lowest BCUT2D eigenvalue weighted by atomic mass is 10.2. The molecule has 0 bridgehead atoms. The summed E-state index contributed by atoms with van der Waals surface area (Å²) < 4.78 is 1.56. The van der Waals surface area contributed by atoms with Crippen molar-refractivity contribution in [2.24, 2.45) is 7.05 Å². The van der Waals surface area contributed by atoms with Crippen molar-refractivity contribution in [3.63, 3.8) is 0 Å². The molecule has 1 heterocycles. The van der Waals surface area contributed by atoms with E-state index in [9.17, 15) is 4.79 Å². The average molecular weight is 291 g/mol. The Morgan fingerprint density at radius 2 is 2.10 bits per heavy atom. The van der Waals surface area contributed by atoms with Gasteiger partial charge in [0.1, 0.15) is 0 Å². The van der Waals surface area contributed by atoms with Gasteiger partial charge >= 0.3 is 0 Å². The zero-order chi connectivity index (χ0) is 14.5. The van der Waals surface area contributed by atoms with Crippen LogP contribution in [-0.4, -0.2) is 43.3 Å². The van der Waals surface area contributed by atoms with Crippen LogP contribution in [-0.2, 0) is 18.4 Å². The lowest BCUT2D eigenvalue weighted by molar-refractivity contribution is -0.129. The van der Waals surface area contributed by atoms with E-state index in [4.69, 9.17) is 0 Å². The topological polar surface area (TPSA) is 63.9 Å². The van der Waals surface area contributed by atoms with E-state index >= 15 is 0 Å². The molecule has 0 N–H and O–H groups in total. The fourth-order valence-electron chi connectivity index (χ4n) is 1.78. The first-order valence-electron chi connectivity index (χ1n) is 6.26. The van der Waals surface area contributed by atoms with Crippen LogP contribution in [0.2, 0.25) is 0 Å². The van der Waals surface area contributed by atoms with Gasteiger partial charge in [-0.3, -0.25) is 4.79 Å². The molecule has 0 fully saturated rings. The zero-order valence-electron chi connectivity index (χ0n) is 11.7. The minimum absolute atomic E-state index is 0.0573. The normalized spacial score (nSPS) is 12.2. The summed E-state index contributed by atoms with van der Waals surface area (Å²) in [5.74, 6) is 0.0573. The first kappa shape index (κ1) is 14.5. The summed E-state index contributed by atoms with van der Waals surface area (Å²) in [5.41, 5.74) is 1.11. The zero-order valence-corrected chi connectivity index (χ0v) is 12.5. The Kier molecular flexibility index (Phi) is 4.73. The molecule has 20 heavy (non-hydrogen) atoms. The molecule has 0 aliphatic heterocycles. The van der Waals surface area contributed by atoms with Crippen LogP contribution in [0.5, 0.6) is 0 Å². The van der Waals surface area contributed by atoms with Gasteiger partial charge in [-0.15, -0.1) is 5.10 Å². The van der Waals surface area contributed by atoms with Gasteiger partial charge in [0.15, 0.2) is 0 Å². The maximum Gasteiger partial charge on any atom is 0.235 e. The third-order valence-corrected chi connectivity index (χ3v) is 3.96. The summed E-state index contributed by atoms with van der Waals surface area (Å²) in [6.45, 7) is 2.46. The van der Waals surface area contributed by atoms with E-state index < -0.39 is 0 Å². The average Bonchev–Trinajstić information content (AvgIpc) is 2.84. The van der Waals surface area contributed by atoms with Gasteiger partial charge < -0.3 is 4.90 Å². The number of hydrogen-bond acceptors (Lipinski definition) is 5. The highest BCUT2D eigenvalue weighted by Gasteiger charge is 2.21. The molecule has 1 amide bonds. The van der Waals surface area contributed by atoms with Gasteiger partial charge in [0.2, 0.25) is 11.1 Å². The van der Waals surface area contributed by atoms with Crippen molar-refractivity contribution in [3.8, 4) is 0 Å². The van der Waals surface area contributed by atoms with Crippen molar-refractivity contribution < 1.29 is 4.79 Å². The van der Waals surface area contributed by atoms with E-state index in [0.717, 1.165) is 5.56 Å². The smallest absolute Gasteiger partial charge is 0.235 e. The quantitative estimate of drug-likeness (QED) is 0.778. The van der Waals surface area contributed by atoms with Crippen LogP contribution in [0.3, 0.4) is 0 Å². The van der Waals surface area contributed by atoms with E-state index in [1.165, 1.54) is 11.8 Å². The Labute approximate surface area is 122 Å². The Balaban J connectivity index is 1.94. The third kappa shape index (κ3) is 3.57. The maximum atomic E-state index is 12.3. The van der Waals surface area contributed by atoms with Crippen molar-refractivity contribution in [3.05, 3.63) is 35.9 Å². The first-order chi connectivity index (χ1) is 9.58. The summed E-state index contributed by atoms with van der Waals surface area (Å²) >= 11 is 1.36. The Bertz CT molecular complexity index is 571. The molecule has 2 rings (SSSR count). The Morgan fingerprint density at radius 1 is 1.40 bits per heavy atom. The van der Waals surface area contributed by atoms with Gasteiger partial charge in [-0.25, -0.2) is 4.68 Å². The molecular weight excluding hydrogens is 274 g/mol. The van der Waals surface area contributed by atoms with Crippen molar-refractivity contribution >= 4 is 17.7 Å². The standard InChI is InChI=1S/C13H17N5OS/c1-10(20-13-14-15-16-18(13)3)12(19)17(2)9-11-7-5-4-6-8-11/h4-8,10H,9H2,1-3H3/t10-/m0/s1. The number of carbonyl (C=O) groups excluding carboxylic acids is 1. The molecule has 0 saturated carbocycles. The second kappa shape index (κ2) is 6.51. The van der Waals surface area contributed by atoms with Crippen LogP contribution in [0.4, 0.5) is 0 Å². The van der Waals surface area contributed by atoms with Crippen LogP contribution in [0.25, 0.3) is 0 Å². The van der Waals surface area contributed by atoms with Gasteiger partial charge in [-0.05, 0) is 22.9 Å². The Hall–Kier alpha value is -1.89. The second-order valence-electron chi connectivity index (χ2n) is 4.53. The number of rotatable bonds is 5.